The van der Waals surface area contributed by atoms with Crippen molar-refractivity contribution < 1.29 is 9.52 Å². The van der Waals surface area contributed by atoms with Gasteiger partial charge in [0.2, 0.25) is 0 Å². The Balaban J connectivity index is 1.59. The van der Waals surface area contributed by atoms with E-state index in [9.17, 15) is 9.90 Å². The molecule has 1 saturated heterocycles. The van der Waals surface area contributed by atoms with Gasteiger partial charge in [0.1, 0.15) is 11.4 Å². The second-order valence-electron chi connectivity index (χ2n) is 8.95. The fourth-order valence-corrected chi connectivity index (χ4v) is 5.13. The van der Waals surface area contributed by atoms with Crippen molar-refractivity contribution in [2.75, 3.05) is 31.1 Å². The molecule has 0 unspecified atom stereocenters. The largest absolute Gasteiger partial charge is 0.508 e. The van der Waals surface area contributed by atoms with Gasteiger partial charge in [0.05, 0.1) is 28.2 Å². The average Bonchev–Trinajstić information content (AvgIpc) is 3.59. The van der Waals surface area contributed by atoms with Crippen LogP contribution >= 0.6 is 0 Å². The van der Waals surface area contributed by atoms with Crippen molar-refractivity contribution in [3.8, 4) is 28.5 Å². The number of nitrogens with one attached hydrogen (secondary N) is 3. The third-order valence-electron chi connectivity index (χ3n) is 6.84. The van der Waals surface area contributed by atoms with Gasteiger partial charge >= 0.3 is 0 Å². The Kier molecular flexibility index (Phi) is 4.58. The molecule has 1 aliphatic heterocycles. The van der Waals surface area contributed by atoms with Crippen molar-refractivity contribution in [1.82, 2.24) is 25.5 Å². The first-order valence-corrected chi connectivity index (χ1v) is 11.8. The van der Waals surface area contributed by atoms with Crippen LogP contribution in [0.3, 0.4) is 0 Å². The Bertz CT molecular complexity index is 1800. The molecule has 0 saturated carbocycles. The number of nitrogens with zero attached hydrogens (tertiary/aromatic N) is 3. The standard InChI is InChI=1S/C27H22N6O3/c34-17-6-3-15(4-7-17)24-23-21(22-25(20-2-1-13-36-20)31-32-26(22)30-24)18-8-5-16(14-19(18)29-27(23)35)33-11-9-28-10-12-33/h1-8,13-14,28,34H,9-12H2,(H,29,35)(H,30,31,32). The summed E-state index contributed by atoms with van der Waals surface area (Å²) in [5, 5.41) is 23.6. The fraction of sp³-hybridized carbons (Fsp3) is 0.148. The van der Waals surface area contributed by atoms with E-state index in [-0.39, 0.29) is 11.3 Å². The number of phenolic OH excluding ortho intramolecular Hbond substituents is 1. The number of phenols is 1. The number of fused-ring (bicyclic) bond motifs is 5. The maximum absolute atomic E-state index is 13.7. The fourth-order valence-electron chi connectivity index (χ4n) is 5.13. The van der Waals surface area contributed by atoms with E-state index in [4.69, 9.17) is 9.40 Å². The summed E-state index contributed by atoms with van der Waals surface area (Å²) < 4.78 is 5.68. The summed E-state index contributed by atoms with van der Waals surface area (Å²) in [5.41, 5.74) is 3.95. The van der Waals surface area contributed by atoms with Crippen LogP contribution in [0.4, 0.5) is 5.69 Å². The van der Waals surface area contributed by atoms with Gasteiger partial charge in [0.25, 0.3) is 5.56 Å². The number of pyridine rings is 2. The summed E-state index contributed by atoms with van der Waals surface area (Å²) in [7, 11) is 0. The quantitative estimate of drug-likeness (QED) is 0.284. The Morgan fingerprint density at radius 2 is 1.81 bits per heavy atom. The summed E-state index contributed by atoms with van der Waals surface area (Å²) >= 11 is 0. The predicted octanol–water partition coefficient (Wildman–Crippen LogP) is 3.99. The van der Waals surface area contributed by atoms with Crippen LogP contribution in [0, 0.1) is 0 Å². The molecule has 9 nitrogen and oxygen atoms in total. The molecular weight excluding hydrogens is 456 g/mol. The van der Waals surface area contributed by atoms with E-state index in [1.807, 2.05) is 18.2 Å². The van der Waals surface area contributed by atoms with Crippen LogP contribution in [0.2, 0.25) is 0 Å². The number of H-pyrrole nitrogens is 2. The highest BCUT2D eigenvalue weighted by Gasteiger charge is 2.22. The van der Waals surface area contributed by atoms with E-state index in [0.29, 0.717) is 33.7 Å². The van der Waals surface area contributed by atoms with Crippen LogP contribution < -0.4 is 15.8 Å². The molecule has 9 heteroatoms. The number of rotatable bonds is 3. The number of piperazine rings is 1. The third-order valence-corrected chi connectivity index (χ3v) is 6.84. The van der Waals surface area contributed by atoms with Gasteiger partial charge in [0.15, 0.2) is 11.4 Å². The first-order valence-electron chi connectivity index (χ1n) is 11.8. The summed E-state index contributed by atoms with van der Waals surface area (Å²) in [6, 6.07) is 16.5. The number of aromatic nitrogens is 4. The average molecular weight is 479 g/mol. The van der Waals surface area contributed by atoms with E-state index < -0.39 is 0 Å². The molecule has 7 rings (SSSR count). The van der Waals surface area contributed by atoms with Crippen molar-refractivity contribution in [3.63, 3.8) is 0 Å². The number of hydrogen-bond donors (Lipinski definition) is 4. The lowest BCUT2D eigenvalue weighted by molar-refractivity contribution is 0.475. The van der Waals surface area contributed by atoms with Crippen molar-refractivity contribution in [3.05, 3.63) is 71.2 Å². The molecule has 0 radical (unpaired) electrons. The van der Waals surface area contributed by atoms with Gasteiger partial charge in [-0.3, -0.25) is 9.89 Å². The molecule has 0 bridgehead atoms. The highest BCUT2D eigenvalue weighted by atomic mass is 16.3. The molecule has 1 fully saturated rings. The van der Waals surface area contributed by atoms with Crippen LogP contribution in [0.5, 0.6) is 5.75 Å². The van der Waals surface area contributed by atoms with Gasteiger partial charge in [-0.2, -0.15) is 5.10 Å². The number of aromatic amines is 2. The second kappa shape index (κ2) is 7.96. The molecule has 0 amide bonds. The number of furan rings is 1. The van der Waals surface area contributed by atoms with Gasteiger partial charge in [-0.1, -0.05) is 6.07 Å². The molecule has 178 valence electrons. The topological polar surface area (TPSA) is 123 Å². The Labute approximate surface area is 204 Å². The Hall–Kier alpha value is -4.63. The molecule has 6 aromatic rings. The summed E-state index contributed by atoms with van der Waals surface area (Å²) in [5.74, 6) is 0.757. The lowest BCUT2D eigenvalue weighted by Crippen LogP contribution is -2.43. The van der Waals surface area contributed by atoms with Crippen LogP contribution in [0.15, 0.2) is 70.1 Å². The molecule has 4 N–H and O–H groups in total. The van der Waals surface area contributed by atoms with Crippen LogP contribution in [-0.2, 0) is 0 Å². The monoisotopic (exact) mass is 478 g/mol. The normalized spacial score (nSPS) is 14.3. The van der Waals surface area contributed by atoms with Crippen molar-refractivity contribution in [2.24, 2.45) is 0 Å². The van der Waals surface area contributed by atoms with Gasteiger partial charge in [-0.05, 0) is 48.5 Å². The zero-order valence-electron chi connectivity index (χ0n) is 19.2. The van der Waals surface area contributed by atoms with E-state index in [1.165, 1.54) is 0 Å². The minimum Gasteiger partial charge on any atom is -0.508 e. The van der Waals surface area contributed by atoms with Crippen LogP contribution in [-0.4, -0.2) is 51.5 Å². The smallest absolute Gasteiger partial charge is 0.258 e. The molecular formula is C27H22N6O3. The number of aromatic hydroxyl groups is 1. The third kappa shape index (κ3) is 3.17. The maximum Gasteiger partial charge on any atom is 0.258 e. The molecule has 4 aromatic heterocycles. The van der Waals surface area contributed by atoms with E-state index in [1.54, 1.807) is 30.5 Å². The molecule has 1 aliphatic rings. The molecule has 0 spiro atoms. The van der Waals surface area contributed by atoms with Gasteiger partial charge < -0.3 is 24.7 Å². The first kappa shape index (κ1) is 20.7. The summed E-state index contributed by atoms with van der Waals surface area (Å²) in [6.45, 7) is 3.67. The minimum atomic E-state index is -0.237. The molecule has 36 heavy (non-hydrogen) atoms. The Morgan fingerprint density at radius 3 is 2.58 bits per heavy atom. The van der Waals surface area contributed by atoms with Crippen LogP contribution in [0.25, 0.3) is 55.4 Å². The molecule has 2 aromatic carbocycles. The summed E-state index contributed by atoms with van der Waals surface area (Å²) in [6.07, 6.45) is 1.60. The van der Waals surface area contributed by atoms with Gasteiger partial charge in [-0.15, -0.1) is 0 Å². The maximum atomic E-state index is 13.7. The van der Waals surface area contributed by atoms with Gasteiger partial charge in [0, 0.05) is 48.2 Å². The highest BCUT2D eigenvalue weighted by molar-refractivity contribution is 6.23. The van der Waals surface area contributed by atoms with Crippen molar-refractivity contribution in [2.45, 2.75) is 0 Å². The van der Waals surface area contributed by atoms with Crippen LogP contribution in [0.1, 0.15) is 0 Å². The Morgan fingerprint density at radius 1 is 0.972 bits per heavy atom. The lowest BCUT2D eigenvalue weighted by atomic mass is 9.98. The SMILES string of the molecule is O=c1[nH]c2cc(N3CCNCC3)ccc2c2c1c(-c1ccc(O)cc1)nc1n[nH]c(-c3ccco3)c12. The highest BCUT2D eigenvalue weighted by Crippen LogP contribution is 2.39. The van der Waals surface area contributed by atoms with Crippen molar-refractivity contribution in [1.29, 1.82) is 0 Å². The number of hydrogen-bond acceptors (Lipinski definition) is 7. The molecule has 0 aliphatic carbocycles. The van der Waals surface area contributed by atoms with E-state index in [2.05, 4.69) is 37.5 Å². The van der Waals surface area contributed by atoms with Gasteiger partial charge in [-0.25, -0.2) is 4.98 Å². The number of benzene rings is 2. The van der Waals surface area contributed by atoms with E-state index in [0.717, 1.165) is 53.5 Å². The number of anilines is 1. The second-order valence-corrected chi connectivity index (χ2v) is 8.95. The first-order chi connectivity index (χ1) is 17.7. The van der Waals surface area contributed by atoms with E-state index >= 15 is 0 Å². The minimum absolute atomic E-state index is 0.142. The molecule has 0 atom stereocenters. The van der Waals surface area contributed by atoms with Crippen molar-refractivity contribution >= 4 is 38.4 Å². The zero-order valence-corrected chi connectivity index (χ0v) is 19.2. The molecule has 5 heterocycles. The summed E-state index contributed by atoms with van der Waals surface area (Å²) in [4.78, 5) is 23.9. The zero-order chi connectivity index (χ0) is 24.2. The lowest BCUT2D eigenvalue weighted by Gasteiger charge is -2.29. The predicted molar refractivity (Wildman–Crippen MR) is 139 cm³/mol.